The van der Waals surface area contributed by atoms with Gasteiger partial charge in [0, 0.05) is 25.6 Å². The molecule has 4 rings (SSSR count). The van der Waals surface area contributed by atoms with Crippen molar-refractivity contribution in [1.29, 1.82) is 0 Å². The van der Waals surface area contributed by atoms with E-state index in [2.05, 4.69) is 5.32 Å². The molecule has 1 amide bonds. The molecule has 11 heteroatoms. The van der Waals surface area contributed by atoms with Crippen LogP contribution in [-0.2, 0) is 11.0 Å². The third-order valence-corrected chi connectivity index (χ3v) is 5.70. The molecule has 1 N–H and O–H groups in total. The van der Waals surface area contributed by atoms with Gasteiger partial charge in [-0.25, -0.2) is 0 Å². The summed E-state index contributed by atoms with van der Waals surface area (Å²) in [5.74, 6) is 1.17. The molecule has 1 fully saturated rings. The van der Waals surface area contributed by atoms with Crippen molar-refractivity contribution in [3.05, 3.63) is 57.6 Å². The van der Waals surface area contributed by atoms with Crippen LogP contribution in [0.25, 0.3) is 0 Å². The van der Waals surface area contributed by atoms with Crippen LogP contribution in [0.1, 0.15) is 36.4 Å². The number of hydrogen-bond acceptors (Lipinski definition) is 6. The van der Waals surface area contributed by atoms with Crippen molar-refractivity contribution in [3.8, 4) is 11.5 Å². The zero-order valence-corrected chi connectivity index (χ0v) is 17.6. The third-order valence-electron chi connectivity index (χ3n) is 5.70. The topological polar surface area (TPSA) is 93.9 Å². The number of likely N-dealkylation sites (tertiary alicyclic amines) is 1. The van der Waals surface area contributed by atoms with Crippen LogP contribution in [0, 0.1) is 10.1 Å². The Balaban J connectivity index is 1.40. The SMILES string of the molecule is O=C(CCNc1ccc(C(F)(F)F)cc1[N+](=O)[O-])N1CCC[C@H]1c1ccc2c(c1)OCCO2. The monoisotopic (exact) mass is 465 g/mol. The quantitative estimate of drug-likeness (QED) is 0.497. The van der Waals surface area contributed by atoms with Gasteiger partial charge in [0.25, 0.3) is 5.69 Å². The van der Waals surface area contributed by atoms with Gasteiger partial charge in [-0.2, -0.15) is 13.2 Å². The second kappa shape index (κ2) is 9.16. The number of nitro groups is 1. The van der Waals surface area contributed by atoms with Crippen molar-refractivity contribution in [2.24, 2.45) is 0 Å². The van der Waals surface area contributed by atoms with Gasteiger partial charge in [-0.15, -0.1) is 0 Å². The summed E-state index contributed by atoms with van der Waals surface area (Å²) < 4.78 is 49.7. The molecule has 2 aromatic rings. The van der Waals surface area contributed by atoms with E-state index in [0.717, 1.165) is 30.5 Å². The van der Waals surface area contributed by atoms with Gasteiger partial charge in [-0.1, -0.05) is 6.07 Å². The molecular weight excluding hydrogens is 443 g/mol. The van der Waals surface area contributed by atoms with E-state index < -0.39 is 22.4 Å². The molecule has 33 heavy (non-hydrogen) atoms. The third kappa shape index (κ3) is 4.96. The molecule has 176 valence electrons. The van der Waals surface area contributed by atoms with Gasteiger partial charge in [0.2, 0.25) is 5.91 Å². The Morgan fingerprint density at radius 2 is 1.91 bits per heavy atom. The number of alkyl halides is 3. The number of amides is 1. The van der Waals surface area contributed by atoms with Crippen LogP contribution in [0.15, 0.2) is 36.4 Å². The number of benzene rings is 2. The van der Waals surface area contributed by atoms with E-state index in [9.17, 15) is 28.1 Å². The maximum atomic E-state index is 12.9. The first-order valence-electron chi connectivity index (χ1n) is 10.5. The Hall–Kier alpha value is -3.50. The van der Waals surface area contributed by atoms with Gasteiger partial charge < -0.3 is 19.7 Å². The lowest BCUT2D eigenvalue weighted by molar-refractivity contribution is -0.384. The van der Waals surface area contributed by atoms with Crippen molar-refractivity contribution in [2.45, 2.75) is 31.5 Å². The number of carbonyl (C=O) groups is 1. The van der Waals surface area contributed by atoms with Crippen LogP contribution in [0.3, 0.4) is 0 Å². The van der Waals surface area contributed by atoms with Crippen LogP contribution in [0.4, 0.5) is 24.5 Å². The van der Waals surface area contributed by atoms with Crippen LogP contribution in [0.5, 0.6) is 11.5 Å². The average Bonchev–Trinajstić information content (AvgIpc) is 3.28. The minimum atomic E-state index is -4.68. The number of anilines is 1. The molecule has 0 spiro atoms. The second-order valence-corrected chi connectivity index (χ2v) is 7.81. The van der Waals surface area contributed by atoms with Crippen molar-refractivity contribution in [2.75, 3.05) is 31.6 Å². The zero-order valence-electron chi connectivity index (χ0n) is 17.6. The normalized spacial score (nSPS) is 17.7. The number of nitrogens with one attached hydrogen (secondary N) is 1. The fourth-order valence-corrected chi connectivity index (χ4v) is 4.14. The second-order valence-electron chi connectivity index (χ2n) is 7.81. The van der Waals surface area contributed by atoms with Gasteiger partial charge in [0.15, 0.2) is 11.5 Å². The summed E-state index contributed by atoms with van der Waals surface area (Å²) in [4.78, 5) is 25.0. The Morgan fingerprint density at radius 3 is 2.64 bits per heavy atom. The number of ether oxygens (including phenoxy) is 2. The smallest absolute Gasteiger partial charge is 0.416 e. The van der Waals surface area contributed by atoms with E-state index in [4.69, 9.17) is 9.47 Å². The van der Waals surface area contributed by atoms with E-state index in [1.807, 2.05) is 18.2 Å². The highest BCUT2D eigenvalue weighted by molar-refractivity contribution is 5.78. The number of hydrogen-bond donors (Lipinski definition) is 1. The molecule has 2 aliphatic heterocycles. The Kier molecular flexibility index (Phi) is 6.30. The molecule has 0 radical (unpaired) electrons. The maximum absolute atomic E-state index is 12.9. The van der Waals surface area contributed by atoms with E-state index in [-0.39, 0.29) is 30.6 Å². The number of carbonyl (C=O) groups excluding carboxylic acids is 1. The predicted octanol–water partition coefficient (Wildman–Crippen LogP) is 4.55. The van der Waals surface area contributed by atoms with Crippen molar-refractivity contribution in [1.82, 2.24) is 4.90 Å². The van der Waals surface area contributed by atoms with Crippen molar-refractivity contribution >= 4 is 17.3 Å². The van der Waals surface area contributed by atoms with Gasteiger partial charge >= 0.3 is 6.18 Å². The minimum Gasteiger partial charge on any atom is -0.486 e. The Bertz CT molecular complexity index is 1060. The molecule has 1 atom stereocenters. The molecule has 1 saturated heterocycles. The highest BCUT2D eigenvalue weighted by Gasteiger charge is 2.33. The molecule has 0 unspecified atom stereocenters. The summed E-state index contributed by atoms with van der Waals surface area (Å²) >= 11 is 0. The number of nitro benzene ring substituents is 1. The first kappa shape index (κ1) is 22.7. The number of halogens is 3. The van der Waals surface area contributed by atoms with Crippen LogP contribution in [0.2, 0.25) is 0 Å². The fraction of sp³-hybridized carbons (Fsp3) is 0.409. The molecule has 8 nitrogen and oxygen atoms in total. The summed E-state index contributed by atoms with van der Waals surface area (Å²) in [7, 11) is 0. The Labute approximate surface area is 187 Å². The van der Waals surface area contributed by atoms with Gasteiger partial charge in [0.05, 0.1) is 16.5 Å². The summed E-state index contributed by atoms with van der Waals surface area (Å²) in [6.07, 6.45) is -3.01. The Morgan fingerprint density at radius 1 is 1.15 bits per heavy atom. The predicted molar refractivity (Wildman–Crippen MR) is 112 cm³/mol. The van der Waals surface area contributed by atoms with E-state index in [1.54, 1.807) is 4.90 Å². The highest BCUT2D eigenvalue weighted by Crippen LogP contribution is 2.38. The largest absolute Gasteiger partial charge is 0.486 e. The fourth-order valence-electron chi connectivity index (χ4n) is 4.14. The van der Waals surface area contributed by atoms with Gasteiger partial charge in [0.1, 0.15) is 18.9 Å². The first-order valence-corrected chi connectivity index (χ1v) is 10.5. The summed E-state index contributed by atoms with van der Waals surface area (Å²) in [5, 5.41) is 13.9. The molecule has 2 heterocycles. The standard InChI is InChI=1S/C22H22F3N3O5/c23-22(24,25)15-4-5-16(18(13-15)28(30)31)26-8-7-21(29)27-9-1-2-17(27)14-3-6-19-20(12-14)33-11-10-32-19/h3-6,12-13,17,26H,1-2,7-11H2/t17-/m0/s1. The van der Waals surface area contributed by atoms with Gasteiger partial charge in [-0.05, 0) is 42.7 Å². The summed E-state index contributed by atoms with van der Waals surface area (Å²) in [5.41, 5.74) is -0.912. The van der Waals surface area contributed by atoms with Crippen LogP contribution in [-0.4, -0.2) is 42.0 Å². The average molecular weight is 465 g/mol. The van der Waals surface area contributed by atoms with E-state index in [1.165, 1.54) is 0 Å². The number of rotatable bonds is 6. The van der Waals surface area contributed by atoms with Crippen LogP contribution < -0.4 is 14.8 Å². The lowest BCUT2D eigenvalue weighted by atomic mass is 10.0. The minimum absolute atomic E-state index is 0.0409. The zero-order chi connectivity index (χ0) is 23.6. The lowest BCUT2D eigenvalue weighted by Crippen LogP contribution is -2.31. The molecule has 0 bridgehead atoms. The molecule has 0 aliphatic carbocycles. The molecular formula is C22H22F3N3O5. The molecule has 2 aromatic carbocycles. The molecule has 2 aliphatic rings. The maximum Gasteiger partial charge on any atom is 0.416 e. The van der Waals surface area contributed by atoms with Crippen LogP contribution >= 0.6 is 0 Å². The molecule has 0 saturated carbocycles. The van der Waals surface area contributed by atoms with Crippen molar-refractivity contribution < 1.29 is 32.4 Å². The summed E-state index contributed by atoms with van der Waals surface area (Å²) in [6, 6.07) is 7.78. The highest BCUT2D eigenvalue weighted by atomic mass is 19.4. The van der Waals surface area contributed by atoms with Gasteiger partial charge in [-0.3, -0.25) is 14.9 Å². The number of fused-ring (bicyclic) bond motifs is 1. The first-order chi connectivity index (χ1) is 15.7. The lowest BCUT2D eigenvalue weighted by Gasteiger charge is -2.27. The van der Waals surface area contributed by atoms with E-state index >= 15 is 0 Å². The number of nitrogens with zero attached hydrogens (tertiary/aromatic N) is 2. The summed E-state index contributed by atoms with van der Waals surface area (Å²) in [6.45, 7) is 1.59. The van der Waals surface area contributed by atoms with E-state index in [0.29, 0.717) is 37.3 Å². The molecule has 0 aromatic heterocycles. The van der Waals surface area contributed by atoms with Crippen molar-refractivity contribution in [3.63, 3.8) is 0 Å².